The van der Waals surface area contributed by atoms with Gasteiger partial charge in [-0.2, -0.15) is 4.98 Å². The molecule has 1 unspecified atom stereocenters. The number of nitrogens with one attached hydrogen (secondary N) is 1. The average Bonchev–Trinajstić information content (AvgIpc) is 3.22. The van der Waals surface area contributed by atoms with Crippen LogP contribution < -0.4 is 10.2 Å². The first-order valence-corrected chi connectivity index (χ1v) is 11.5. The largest absolute Gasteiger partial charge is 0.356 e. The van der Waals surface area contributed by atoms with Gasteiger partial charge in [0.1, 0.15) is 17.5 Å². The van der Waals surface area contributed by atoms with Crippen LogP contribution in [0.2, 0.25) is 0 Å². The molecule has 3 heterocycles. The minimum absolute atomic E-state index is 0.0412. The van der Waals surface area contributed by atoms with Gasteiger partial charge in [0.2, 0.25) is 5.91 Å². The van der Waals surface area contributed by atoms with Crippen LogP contribution >= 0.6 is 0 Å². The van der Waals surface area contributed by atoms with Gasteiger partial charge >= 0.3 is 0 Å². The molecule has 170 valence electrons. The third-order valence-corrected chi connectivity index (χ3v) is 6.16. The molecule has 8 heteroatoms. The van der Waals surface area contributed by atoms with Gasteiger partial charge < -0.3 is 14.7 Å². The van der Waals surface area contributed by atoms with Gasteiger partial charge in [0.15, 0.2) is 0 Å². The fraction of sp³-hybridized carbons (Fsp3) is 0.500. The monoisotopic (exact) mass is 436 g/mol. The lowest BCUT2D eigenvalue weighted by molar-refractivity contribution is -0.125. The number of hydrogen-bond acceptors (Lipinski definition) is 7. The van der Waals surface area contributed by atoms with Crippen molar-refractivity contribution in [3.8, 4) is 0 Å². The Kier molecular flexibility index (Phi) is 7.32. The molecule has 0 spiro atoms. The summed E-state index contributed by atoms with van der Waals surface area (Å²) in [6, 6.07) is 10.5. The zero-order chi connectivity index (χ0) is 22.3. The third-order valence-electron chi connectivity index (χ3n) is 6.16. The number of aryl methyl sites for hydroxylation is 1. The van der Waals surface area contributed by atoms with E-state index in [-0.39, 0.29) is 11.8 Å². The summed E-state index contributed by atoms with van der Waals surface area (Å²) in [5.41, 5.74) is 2.59. The molecular weight excluding hydrogens is 404 g/mol. The van der Waals surface area contributed by atoms with E-state index in [4.69, 9.17) is 4.52 Å². The average molecular weight is 437 g/mol. The number of hydrogen-bond donors (Lipinski definition) is 1. The highest BCUT2D eigenvalue weighted by Gasteiger charge is 2.28. The number of anilines is 1. The second-order valence-corrected chi connectivity index (χ2v) is 8.43. The van der Waals surface area contributed by atoms with Crippen molar-refractivity contribution in [2.75, 3.05) is 37.6 Å². The fourth-order valence-corrected chi connectivity index (χ4v) is 4.38. The molecule has 2 aromatic heterocycles. The zero-order valence-electron chi connectivity index (χ0n) is 19.0. The van der Waals surface area contributed by atoms with Crippen molar-refractivity contribution in [1.82, 2.24) is 25.3 Å². The molecule has 1 N–H and O–H groups in total. The highest BCUT2D eigenvalue weighted by molar-refractivity contribution is 5.88. The number of rotatable bonds is 9. The van der Waals surface area contributed by atoms with E-state index in [9.17, 15) is 4.79 Å². The Labute approximate surface area is 189 Å². The molecule has 1 atom stereocenters. The Morgan fingerprint density at radius 3 is 2.94 bits per heavy atom. The molecule has 0 radical (unpaired) electrons. The van der Waals surface area contributed by atoms with Crippen LogP contribution in [-0.2, 0) is 11.3 Å². The summed E-state index contributed by atoms with van der Waals surface area (Å²) in [6.45, 7) is 9.19. The first-order valence-electron chi connectivity index (χ1n) is 11.5. The van der Waals surface area contributed by atoms with Gasteiger partial charge in [-0.05, 0) is 38.3 Å². The van der Waals surface area contributed by atoms with Crippen molar-refractivity contribution in [1.29, 1.82) is 0 Å². The van der Waals surface area contributed by atoms with Gasteiger partial charge in [-0.25, -0.2) is 4.98 Å². The second kappa shape index (κ2) is 10.5. The number of carbonyl (C=O) groups is 1. The molecule has 1 aromatic carbocycles. The number of nitrogens with zero attached hydrogens (tertiary/aromatic N) is 5. The van der Waals surface area contributed by atoms with Crippen molar-refractivity contribution >= 4 is 22.8 Å². The van der Waals surface area contributed by atoms with E-state index < -0.39 is 0 Å². The van der Waals surface area contributed by atoms with Crippen molar-refractivity contribution in [2.45, 2.75) is 39.7 Å². The summed E-state index contributed by atoms with van der Waals surface area (Å²) in [5.74, 6) is 0.902. The summed E-state index contributed by atoms with van der Waals surface area (Å²) in [6.07, 6.45) is 4.29. The van der Waals surface area contributed by atoms with Crippen molar-refractivity contribution in [3.63, 3.8) is 0 Å². The Hall–Kier alpha value is -3.00. The van der Waals surface area contributed by atoms with E-state index in [0.29, 0.717) is 18.8 Å². The highest BCUT2D eigenvalue weighted by atomic mass is 16.5. The van der Waals surface area contributed by atoms with Crippen LogP contribution in [0.15, 0.2) is 41.2 Å². The predicted octanol–water partition coefficient (Wildman–Crippen LogP) is 3.17. The summed E-state index contributed by atoms with van der Waals surface area (Å²) >= 11 is 0. The second-order valence-electron chi connectivity index (χ2n) is 8.43. The van der Waals surface area contributed by atoms with E-state index in [1.54, 1.807) is 0 Å². The Morgan fingerprint density at radius 2 is 2.12 bits per heavy atom. The minimum Gasteiger partial charge on any atom is -0.356 e. The minimum atomic E-state index is -0.0412. The number of fused-ring (bicyclic) bond motifs is 1. The Bertz CT molecular complexity index is 1020. The number of amides is 1. The Morgan fingerprint density at radius 1 is 1.28 bits per heavy atom. The van der Waals surface area contributed by atoms with Crippen molar-refractivity contribution in [2.24, 2.45) is 5.92 Å². The summed E-state index contributed by atoms with van der Waals surface area (Å²) in [5, 5.41) is 8.01. The lowest BCUT2D eigenvalue weighted by Crippen LogP contribution is -2.44. The maximum Gasteiger partial charge on any atom is 0.263 e. The molecule has 1 amide bonds. The first-order chi connectivity index (χ1) is 15.7. The van der Waals surface area contributed by atoms with Gasteiger partial charge in [0, 0.05) is 32.7 Å². The molecule has 0 saturated carbocycles. The summed E-state index contributed by atoms with van der Waals surface area (Å²) in [7, 11) is 0. The lowest BCUT2D eigenvalue weighted by Gasteiger charge is -2.33. The smallest absolute Gasteiger partial charge is 0.263 e. The summed E-state index contributed by atoms with van der Waals surface area (Å²) < 4.78 is 5.27. The third kappa shape index (κ3) is 5.24. The van der Waals surface area contributed by atoms with Gasteiger partial charge in [0.05, 0.1) is 11.6 Å². The van der Waals surface area contributed by atoms with Crippen LogP contribution in [0.3, 0.4) is 0 Å². The van der Waals surface area contributed by atoms with Crippen LogP contribution in [0.5, 0.6) is 0 Å². The molecule has 1 aliphatic heterocycles. The van der Waals surface area contributed by atoms with Gasteiger partial charge in [-0.15, -0.1) is 0 Å². The molecule has 0 aliphatic carbocycles. The molecule has 1 fully saturated rings. The van der Waals surface area contributed by atoms with Crippen LogP contribution in [0.4, 0.5) is 5.82 Å². The van der Waals surface area contributed by atoms with Crippen molar-refractivity contribution < 1.29 is 9.32 Å². The maximum atomic E-state index is 12.8. The van der Waals surface area contributed by atoms with Crippen LogP contribution in [-0.4, -0.2) is 58.7 Å². The van der Waals surface area contributed by atoms with E-state index in [1.807, 2.05) is 13.0 Å². The lowest BCUT2D eigenvalue weighted by atomic mass is 9.97. The highest BCUT2D eigenvalue weighted by Crippen LogP contribution is 2.29. The molecule has 3 aromatic rings. The molecule has 0 bridgehead atoms. The van der Waals surface area contributed by atoms with E-state index >= 15 is 0 Å². The number of carbonyl (C=O) groups excluding carboxylic acids is 1. The van der Waals surface area contributed by atoms with Gasteiger partial charge in [-0.3, -0.25) is 9.69 Å². The SMILES string of the molecule is CCN(CCCNC(=O)C1CCCN(c2ncnc3onc(C)c23)C1)Cc1ccccc1. The van der Waals surface area contributed by atoms with E-state index in [2.05, 4.69) is 61.4 Å². The van der Waals surface area contributed by atoms with E-state index in [1.165, 1.54) is 11.9 Å². The molecule has 32 heavy (non-hydrogen) atoms. The van der Waals surface area contributed by atoms with Gasteiger partial charge in [-0.1, -0.05) is 42.4 Å². The van der Waals surface area contributed by atoms with E-state index in [0.717, 1.165) is 62.3 Å². The van der Waals surface area contributed by atoms with Crippen LogP contribution in [0.1, 0.15) is 37.4 Å². The first kappa shape index (κ1) is 22.2. The number of aromatic nitrogens is 3. The molecular formula is C24H32N6O2. The predicted molar refractivity (Wildman–Crippen MR) is 124 cm³/mol. The molecule has 4 rings (SSSR count). The Balaban J connectivity index is 1.27. The zero-order valence-corrected chi connectivity index (χ0v) is 19.0. The maximum absolute atomic E-state index is 12.8. The molecule has 8 nitrogen and oxygen atoms in total. The fourth-order valence-electron chi connectivity index (χ4n) is 4.38. The normalized spacial score (nSPS) is 16.6. The molecule has 1 saturated heterocycles. The topological polar surface area (TPSA) is 87.4 Å². The van der Waals surface area contributed by atoms with Gasteiger partial charge in [0.25, 0.3) is 5.71 Å². The number of benzene rings is 1. The van der Waals surface area contributed by atoms with Crippen LogP contribution in [0.25, 0.3) is 11.1 Å². The van der Waals surface area contributed by atoms with Crippen LogP contribution in [0, 0.1) is 12.8 Å². The summed E-state index contributed by atoms with van der Waals surface area (Å²) in [4.78, 5) is 26.1. The van der Waals surface area contributed by atoms with Crippen molar-refractivity contribution in [3.05, 3.63) is 47.9 Å². The molecule has 1 aliphatic rings. The quantitative estimate of drug-likeness (QED) is 0.516. The standard InChI is InChI=1S/C24H32N6O2/c1-3-29(15-19-9-5-4-6-10-19)13-8-12-25-23(31)20-11-7-14-30(16-20)22-21-18(2)28-32-24(21)27-17-26-22/h4-6,9-10,17,20H,3,7-8,11-16H2,1-2H3,(H,25,31). The number of piperidine rings is 1.